The minimum atomic E-state index is -0.826. The molecule has 8 aromatic carbocycles. The van der Waals surface area contributed by atoms with E-state index in [1.165, 1.54) is 11.1 Å². The molecule has 0 fully saturated rings. The van der Waals surface area contributed by atoms with Crippen molar-refractivity contribution in [3.8, 4) is 56.6 Å². The van der Waals surface area contributed by atoms with E-state index in [9.17, 15) is 10.2 Å². The van der Waals surface area contributed by atoms with E-state index in [2.05, 4.69) is 222 Å². The van der Waals surface area contributed by atoms with Gasteiger partial charge in [-0.1, -0.05) is 114 Å². The van der Waals surface area contributed by atoms with Crippen LogP contribution in [0.25, 0.3) is 77.2 Å². The quantitative estimate of drug-likeness (QED) is 0.106. The maximum atomic E-state index is 12.4. The summed E-state index contributed by atoms with van der Waals surface area (Å²) in [6.07, 6.45) is 0.708. The molecule has 4 N–H and O–H groups in total. The fourth-order valence-corrected chi connectivity index (χ4v) is 9.82. The Balaban J connectivity index is 0.00000198. The molecule has 0 amide bonds. The van der Waals surface area contributed by atoms with Crippen LogP contribution < -0.4 is 0 Å². The van der Waals surface area contributed by atoms with Gasteiger partial charge in [0, 0.05) is 44.8 Å². The monoisotopic (exact) mass is 1040 g/mol. The zero-order valence-corrected chi connectivity index (χ0v) is 45.0. The van der Waals surface area contributed by atoms with Crippen LogP contribution in [0.4, 0.5) is 0 Å². The number of aromatic hydroxyl groups is 4. The average Bonchev–Trinajstić information content (AvgIpc) is 3.85. The summed E-state index contributed by atoms with van der Waals surface area (Å²) in [7, 11) is 9.87. The Hall–Kier alpha value is -5.98. The molecule has 0 saturated heterocycles. The first-order valence-electron chi connectivity index (χ1n) is 23.8. The van der Waals surface area contributed by atoms with Crippen molar-refractivity contribution in [2.75, 3.05) is 13.2 Å². The predicted octanol–water partition coefficient (Wildman–Crippen LogP) is 16.8. The third-order valence-electron chi connectivity index (χ3n) is 13.3. The SMILES string of the molecule is Cc1cc(-c2cc(C(C)(C)C)ccc2[OH+]CCC[OH+]c2ccc(C(C)(C)C)cc2-c2cc(C)cc(-n3c4ccccc4c4ccccc43)c2O)c(O)c(-n2c3ccccc3c3ccccc32)c1.[Cl][Zr][Cl]. The van der Waals surface area contributed by atoms with Crippen molar-refractivity contribution in [2.24, 2.45) is 0 Å². The van der Waals surface area contributed by atoms with Gasteiger partial charge < -0.3 is 28.8 Å². The Morgan fingerprint density at radius 3 is 1.07 bits per heavy atom. The summed E-state index contributed by atoms with van der Waals surface area (Å²) >= 11 is -0.826. The van der Waals surface area contributed by atoms with Gasteiger partial charge in [-0.25, -0.2) is 0 Å². The summed E-state index contributed by atoms with van der Waals surface area (Å²) < 4.78 is 14.8. The van der Waals surface area contributed by atoms with Gasteiger partial charge in [-0.05, 0) is 120 Å². The number of para-hydroxylation sites is 4. The molecule has 0 atom stereocenters. The van der Waals surface area contributed by atoms with E-state index in [-0.39, 0.29) is 22.3 Å². The number of phenolic OH excluding ortho intramolecular Hbond substituents is 2. The summed E-state index contributed by atoms with van der Waals surface area (Å²) in [4.78, 5) is 0. The fraction of sp³-hybridized carbons (Fsp3) is 0.213. The van der Waals surface area contributed by atoms with Crippen molar-refractivity contribution in [1.29, 1.82) is 0 Å². The van der Waals surface area contributed by atoms with Gasteiger partial charge >= 0.3 is 37.9 Å². The molecule has 0 aliphatic carbocycles. The van der Waals surface area contributed by atoms with Gasteiger partial charge in [0.25, 0.3) is 11.5 Å². The molecule has 354 valence electrons. The molecule has 0 bridgehead atoms. The molecule has 0 unspecified atom stereocenters. The third kappa shape index (κ3) is 9.49. The standard InChI is InChI=1S/C61H58N2O4.2ClH.Zr/c1-38-32-48(58(64)54(34-38)62-50-22-13-9-18-42(50)43-19-10-14-23-51(43)62)46-36-40(60(3,4)5)26-28-56(46)66-30-17-31-67-57-29-27-41(61(6,7)8)37-47(57)49-33-39(2)35-55(59(49)65)63-52-24-15-11-20-44(52)45-21-12-16-25-53(45)63;;;/h9-16,18-29,32-37,64-65H,17,30-31H2,1-8H3;2*1H;/q;;;+2. The first-order chi connectivity index (χ1) is 33.6. The minimum absolute atomic E-state index is 0.114. The zero-order valence-electron chi connectivity index (χ0n) is 41.1. The molecule has 2 aromatic heterocycles. The van der Waals surface area contributed by atoms with Crippen LogP contribution in [-0.4, -0.2) is 42.0 Å². The predicted molar refractivity (Wildman–Crippen MR) is 292 cm³/mol. The number of halogens is 2. The van der Waals surface area contributed by atoms with Crippen LogP contribution in [0.3, 0.4) is 0 Å². The van der Waals surface area contributed by atoms with Crippen LogP contribution in [0, 0.1) is 13.8 Å². The van der Waals surface area contributed by atoms with Crippen LogP contribution in [0.15, 0.2) is 158 Å². The molecule has 2 heterocycles. The van der Waals surface area contributed by atoms with Crippen LogP contribution in [-0.2, 0) is 31.7 Å². The molecule has 0 saturated carbocycles. The normalized spacial score (nSPS) is 11.9. The van der Waals surface area contributed by atoms with E-state index in [0.29, 0.717) is 19.6 Å². The first kappa shape index (κ1) is 49.0. The third-order valence-corrected chi connectivity index (χ3v) is 13.3. The van der Waals surface area contributed by atoms with Crippen molar-refractivity contribution in [2.45, 2.75) is 72.6 Å². The number of phenols is 2. The number of hydrogen-bond acceptors (Lipinski definition) is 2. The Kier molecular flexibility index (Phi) is 14.0. The van der Waals surface area contributed by atoms with Gasteiger partial charge in [0.1, 0.15) is 17.9 Å². The summed E-state index contributed by atoms with van der Waals surface area (Å²) in [5.74, 6) is 2.11. The van der Waals surface area contributed by atoms with Crippen molar-refractivity contribution in [3.05, 3.63) is 180 Å². The molecule has 0 aliphatic heterocycles. The molecule has 70 heavy (non-hydrogen) atoms. The van der Waals surface area contributed by atoms with Crippen LogP contribution in [0.2, 0.25) is 0 Å². The average molecular weight is 1050 g/mol. The molecule has 0 aliphatic rings. The first-order valence-corrected chi connectivity index (χ1v) is 30.2. The molecular formula is C61H60Cl2N2O4Zr+2. The van der Waals surface area contributed by atoms with E-state index in [1.807, 2.05) is 0 Å². The number of rotatable bonds is 10. The summed E-state index contributed by atoms with van der Waals surface area (Å²) in [6.45, 7) is 18.6. The molecule has 10 aromatic rings. The van der Waals surface area contributed by atoms with Gasteiger partial charge in [0.2, 0.25) is 0 Å². The van der Waals surface area contributed by atoms with Crippen molar-refractivity contribution < 1.29 is 40.5 Å². The van der Waals surface area contributed by atoms with E-state index < -0.39 is 20.8 Å². The summed E-state index contributed by atoms with van der Waals surface area (Å²) in [5.41, 5.74) is 13.2. The van der Waals surface area contributed by atoms with E-state index in [0.717, 1.165) is 99.9 Å². The Labute approximate surface area is 429 Å². The van der Waals surface area contributed by atoms with E-state index in [4.69, 9.17) is 26.5 Å². The van der Waals surface area contributed by atoms with Gasteiger partial charge in [-0.2, -0.15) is 0 Å². The number of benzene rings is 8. The van der Waals surface area contributed by atoms with Gasteiger partial charge in [-0.3, -0.25) is 0 Å². The molecule has 0 spiro atoms. The second-order valence-corrected chi connectivity index (χ2v) is 24.0. The second kappa shape index (κ2) is 20.0. The van der Waals surface area contributed by atoms with E-state index in [1.54, 1.807) is 0 Å². The number of aromatic nitrogens is 2. The van der Waals surface area contributed by atoms with E-state index >= 15 is 0 Å². The number of ether oxygens (including phenoxy) is 2. The van der Waals surface area contributed by atoms with Gasteiger partial charge in [-0.15, -0.1) is 0 Å². The number of aryl methyl sites for hydroxylation is 2. The fourth-order valence-electron chi connectivity index (χ4n) is 9.82. The number of aliphatic hydroxyl groups is 2. The molecule has 0 radical (unpaired) electrons. The van der Waals surface area contributed by atoms with Crippen LogP contribution in [0.5, 0.6) is 23.0 Å². The van der Waals surface area contributed by atoms with Crippen molar-refractivity contribution >= 4 is 60.6 Å². The molecular weight excluding hydrogens is 987 g/mol. The second-order valence-electron chi connectivity index (χ2n) is 20.3. The Morgan fingerprint density at radius 1 is 0.443 bits per heavy atom. The molecule has 9 heteroatoms. The van der Waals surface area contributed by atoms with Crippen LogP contribution >= 0.6 is 17.0 Å². The summed E-state index contributed by atoms with van der Waals surface area (Å²) in [5, 5.41) is 29.4. The Morgan fingerprint density at radius 2 is 0.757 bits per heavy atom. The topological polar surface area (TPSA) is 75.9 Å². The van der Waals surface area contributed by atoms with Gasteiger partial charge in [0.05, 0.1) is 44.6 Å². The van der Waals surface area contributed by atoms with Crippen molar-refractivity contribution in [3.63, 3.8) is 0 Å². The zero-order chi connectivity index (χ0) is 49.5. The van der Waals surface area contributed by atoms with Gasteiger partial charge in [0.15, 0.2) is 13.2 Å². The number of fused-ring (bicyclic) bond motifs is 6. The van der Waals surface area contributed by atoms with Crippen LogP contribution in [0.1, 0.15) is 70.2 Å². The number of nitrogens with zero attached hydrogens (tertiary/aromatic N) is 2. The number of hydrogen-bond donors (Lipinski definition) is 2. The molecule has 10 rings (SSSR count). The van der Waals surface area contributed by atoms with Crippen molar-refractivity contribution in [1.82, 2.24) is 9.13 Å². The maximum absolute atomic E-state index is 12.4. The summed E-state index contributed by atoms with van der Waals surface area (Å²) in [6, 6.07) is 54.9. The molecule has 6 nitrogen and oxygen atoms in total. The Bertz CT molecular complexity index is 3220.